The van der Waals surface area contributed by atoms with Crippen LogP contribution in [0.1, 0.15) is 25.8 Å². The molecule has 3 atom stereocenters. The maximum atomic E-state index is 12.4. The number of sulfone groups is 1. The molecule has 0 aliphatic carbocycles. The largest absolute Gasteiger partial charge is 0.479 e. The fraction of sp³-hybridized carbons (Fsp3) is 0.500. The standard InChI is InChI=1S/C18H22N2O6S/c1-12(17(21)20(3)15-8-9-27(23,24)11-15)26-18(22)13(2)25-16-6-4-14(10-19)5-7-16/h4-7,12-13,15H,8-9,11H2,1-3H3/t12-,13-,15+/m1/s1. The number of nitrogens with zero attached hydrogens (tertiary/aromatic N) is 2. The Morgan fingerprint density at radius 3 is 2.37 bits per heavy atom. The first-order valence-corrected chi connectivity index (χ1v) is 10.3. The van der Waals surface area contributed by atoms with Crippen molar-refractivity contribution in [2.75, 3.05) is 18.6 Å². The summed E-state index contributed by atoms with van der Waals surface area (Å²) in [5.41, 5.74) is 0.466. The average molecular weight is 394 g/mol. The lowest BCUT2D eigenvalue weighted by atomic mass is 10.2. The molecule has 1 fully saturated rings. The Kier molecular flexibility index (Phi) is 6.44. The second-order valence-corrected chi connectivity index (χ2v) is 8.71. The molecule has 9 heteroatoms. The molecule has 0 aromatic heterocycles. The van der Waals surface area contributed by atoms with E-state index in [2.05, 4.69) is 0 Å². The molecule has 27 heavy (non-hydrogen) atoms. The molecule has 0 saturated carbocycles. The zero-order chi connectivity index (χ0) is 20.2. The molecule has 0 radical (unpaired) electrons. The van der Waals surface area contributed by atoms with E-state index in [4.69, 9.17) is 14.7 Å². The van der Waals surface area contributed by atoms with Crippen molar-refractivity contribution in [3.05, 3.63) is 29.8 Å². The lowest BCUT2D eigenvalue weighted by Gasteiger charge is -2.26. The molecule has 146 valence electrons. The Morgan fingerprint density at radius 1 is 1.22 bits per heavy atom. The van der Waals surface area contributed by atoms with Gasteiger partial charge in [-0.05, 0) is 44.5 Å². The zero-order valence-electron chi connectivity index (χ0n) is 15.4. The van der Waals surface area contributed by atoms with Crippen LogP contribution < -0.4 is 4.74 Å². The van der Waals surface area contributed by atoms with Gasteiger partial charge in [-0.2, -0.15) is 5.26 Å². The number of likely N-dealkylation sites (N-methyl/N-ethyl adjacent to an activating group) is 1. The van der Waals surface area contributed by atoms with Crippen molar-refractivity contribution in [2.24, 2.45) is 0 Å². The van der Waals surface area contributed by atoms with Gasteiger partial charge in [-0.3, -0.25) is 4.79 Å². The molecule has 2 rings (SSSR count). The molecule has 1 aromatic rings. The van der Waals surface area contributed by atoms with E-state index < -0.39 is 40.0 Å². The van der Waals surface area contributed by atoms with Crippen molar-refractivity contribution < 1.29 is 27.5 Å². The van der Waals surface area contributed by atoms with Crippen LogP contribution in [0.2, 0.25) is 0 Å². The third-order valence-corrected chi connectivity index (χ3v) is 6.12. The van der Waals surface area contributed by atoms with Crippen LogP contribution >= 0.6 is 0 Å². The summed E-state index contributed by atoms with van der Waals surface area (Å²) in [5, 5.41) is 8.77. The van der Waals surface area contributed by atoms with Gasteiger partial charge in [-0.15, -0.1) is 0 Å². The molecule has 1 amide bonds. The molecule has 0 bridgehead atoms. The fourth-order valence-electron chi connectivity index (χ4n) is 2.73. The number of hydrogen-bond acceptors (Lipinski definition) is 7. The number of ether oxygens (including phenoxy) is 2. The van der Waals surface area contributed by atoms with Crippen LogP contribution in [-0.4, -0.2) is 62.0 Å². The quantitative estimate of drug-likeness (QED) is 0.659. The summed E-state index contributed by atoms with van der Waals surface area (Å²) in [6.07, 6.45) is -1.63. The first-order valence-electron chi connectivity index (χ1n) is 8.47. The minimum atomic E-state index is -3.12. The molecule has 0 spiro atoms. The molecular formula is C18H22N2O6S. The molecule has 0 unspecified atom stereocenters. The van der Waals surface area contributed by atoms with E-state index in [1.165, 1.54) is 25.8 Å². The third-order valence-electron chi connectivity index (χ3n) is 4.37. The highest BCUT2D eigenvalue weighted by molar-refractivity contribution is 7.91. The van der Waals surface area contributed by atoms with Crippen molar-refractivity contribution in [2.45, 2.75) is 38.5 Å². The monoisotopic (exact) mass is 394 g/mol. The van der Waals surface area contributed by atoms with Gasteiger partial charge in [-0.1, -0.05) is 0 Å². The van der Waals surface area contributed by atoms with Crippen LogP contribution in [-0.2, 0) is 24.2 Å². The Bertz CT molecular complexity index is 844. The number of rotatable bonds is 6. The first-order chi connectivity index (χ1) is 12.6. The van der Waals surface area contributed by atoms with Gasteiger partial charge in [0, 0.05) is 13.1 Å². The Balaban J connectivity index is 1.89. The lowest BCUT2D eigenvalue weighted by molar-refractivity contribution is -0.164. The SMILES string of the molecule is C[C@@H](Oc1ccc(C#N)cc1)C(=O)O[C@H](C)C(=O)N(C)[C@H]1CCS(=O)(=O)C1. The molecule has 1 heterocycles. The Morgan fingerprint density at radius 2 is 1.85 bits per heavy atom. The van der Waals surface area contributed by atoms with Gasteiger partial charge in [0.25, 0.3) is 5.91 Å². The number of nitriles is 1. The fourth-order valence-corrected chi connectivity index (χ4v) is 4.50. The highest BCUT2D eigenvalue weighted by atomic mass is 32.2. The molecule has 1 aromatic carbocycles. The molecule has 0 N–H and O–H groups in total. The summed E-state index contributed by atoms with van der Waals surface area (Å²) in [5.74, 6) is -0.804. The van der Waals surface area contributed by atoms with Gasteiger partial charge in [0.05, 0.1) is 23.1 Å². The summed E-state index contributed by atoms with van der Waals surface area (Å²) in [7, 11) is -1.61. The number of benzene rings is 1. The van der Waals surface area contributed by atoms with Gasteiger partial charge in [0.1, 0.15) is 5.75 Å². The number of carbonyl (C=O) groups excluding carboxylic acids is 2. The lowest BCUT2D eigenvalue weighted by Crippen LogP contribution is -2.45. The highest BCUT2D eigenvalue weighted by Gasteiger charge is 2.35. The van der Waals surface area contributed by atoms with Gasteiger partial charge >= 0.3 is 5.97 Å². The molecule has 1 aliphatic heterocycles. The van der Waals surface area contributed by atoms with E-state index in [9.17, 15) is 18.0 Å². The number of esters is 1. The minimum Gasteiger partial charge on any atom is -0.479 e. The van der Waals surface area contributed by atoms with E-state index in [0.29, 0.717) is 17.7 Å². The first kappa shape index (κ1) is 20.7. The maximum Gasteiger partial charge on any atom is 0.347 e. The van der Waals surface area contributed by atoms with Gasteiger partial charge in [-0.25, -0.2) is 13.2 Å². The second-order valence-electron chi connectivity index (χ2n) is 6.48. The Hall–Kier alpha value is -2.60. The van der Waals surface area contributed by atoms with E-state index in [1.807, 2.05) is 6.07 Å². The number of amides is 1. The minimum absolute atomic E-state index is 0.0545. The van der Waals surface area contributed by atoms with Crippen LogP contribution in [0.25, 0.3) is 0 Å². The van der Waals surface area contributed by atoms with Gasteiger partial charge < -0.3 is 14.4 Å². The van der Waals surface area contributed by atoms with Crippen LogP contribution in [0.15, 0.2) is 24.3 Å². The smallest absolute Gasteiger partial charge is 0.347 e. The zero-order valence-corrected chi connectivity index (χ0v) is 16.2. The predicted octanol–water partition coefficient (Wildman–Crippen LogP) is 0.903. The third kappa shape index (κ3) is 5.44. The molecular weight excluding hydrogens is 372 g/mol. The van der Waals surface area contributed by atoms with Crippen LogP contribution in [0.5, 0.6) is 5.75 Å². The summed E-state index contributed by atoms with van der Waals surface area (Å²) in [6, 6.07) is 7.81. The summed E-state index contributed by atoms with van der Waals surface area (Å²) >= 11 is 0. The van der Waals surface area contributed by atoms with Gasteiger partial charge in [0.2, 0.25) is 0 Å². The van der Waals surface area contributed by atoms with E-state index in [0.717, 1.165) is 0 Å². The van der Waals surface area contributed by atoms with E-state index >= 15 is 0 Å². The van der Waals surface area contributed by atoms with Crippen LogP contribution in [0.3, 0.4) is 0 Å². The predicted molar refractivity (Wildman–Crippen MR) is 96.6 cm³/mol. The summed E-state index contributed by atoms with van der Waals surface area (Å²) in [6.45, 7) is 2.93. The second kappa shape index (κ2) is 8.39. The van der Waals surface area contributed by atoms with Crippen molar-refractivity contribution in [1.82, 2.24) is 4.90 Å². The Labute approximate surface area is 158 Å². The summed E-state index contributed by atoms with van der Waals surface area (Å²) in [4.78, 5) is 25.9. The molecule has 8 nitrogen and oxygen atoms in total. The van der Waals surface area contributed by atoms with Gasteiger partial charge in [0.15, 0.2) is 22.0 Å². The van der Waals surface area contributed by atoms with Crippen molar-refractivity contribution in [1.29, 1.82) is 5.26 Å². The van der Waals surface area contributed by atoms with Crippen molar-refractivity contribution >= 4 is 21.7 Å². The van der Waals surface area contributed by atoms with Crippen molar-refractivity contribution in [3.8, 4) is 11.8 Å². The van der Waals surface area contributed by atoms with Crippen molar-refractivity contribution in [3.63, 3.8) is 0 Å². The highest BCUT2D eigenvalue weighted by Crippen LogP contribution is 2.18. The number of hydrogen-bond donors (Lipinski definition) is 0. The normalized spacial score (nSPS) is 20.1. The van der Waals surface area contributed by atoms with E-state index in [-0.39, 0.29) is 11.5 Å². The van der Waals surface area contributed by atoms with Crippen LogP contribution in [0, 0.1) is 11.3 Å². The molecule has 1 aliphatic rings. The van der Waals surface area contributed by atoms with Crippen LogP contribution in [0.4, 0.5) is 0 Å². The maximum absolute atomic E-state index is 12.4. The number of carbonyl (C=O) groups is 2. The van der Waals surface area contributed by atoms with E-state index in [1.54, 1.807) is 24.3 Å². The average Bonchev–Trinajstić information content (AvgIpc) is 3.00. The summed E-state index contributed by atoms with van der Waals surface area (Å²) < 4.78 is 33.7. The molecule has 1 saturated heterocycles. The topological polar surface area (TPSA) is 114 Å².